The van der Waals surface area contributed by atoms with Gasteiger partial charge in [0.05, 0.1) is 18.1 Å². The highest BCUT2D eigenvalue weighted by molar-refractivity contribution is 6.33. The summed E-state index contributed by atoms with van der Waals surface area (Å²) in [5.41, 5.74) is 6.25. The summed E-state index contributed by atoms with van der Waals surface area (Å²) in [5.74, 6) is 0.462. The molecule has 0 unspecified atom stereocenters. The summed E-state index contributed by atoms with van der Waals surface area (Å²) in [7, 11) is 1.40. The van der Waals surface area contributed by atoms with Gasteiger partial charge in [0.1, 0.15) is 11.4 Å². The molecule has 126 valence electrons. The Balaban J connectivity index is 2.28. The molecule has 24 heavy (non-hydrogen) atoms. The largest absolute Gasteiger partial charge is 0.496 e. The van der Waals surface area contributed by atoms with Gasteiger partial charge in [0.25, 0.3) is 5.69 Å². The number of benzene rings is 1. The lowest BCUT2D eigenvalue weighted by Crippen LogP contribution is -2.10. The average Bonchev–Trinajstić information content (AvgIpc) is 2.55. The van der Waals surface area contributed by atoms with Gasteiger partial charge in [-0.1, -0.05) is 11.6 Å². The van der Waals surface area contributed by atoms with Gasteiger partial charge in [-0.3, -0.25) is 14.9 Å². The third-order valence-corrected chi connectivity index (χ3v) is 3.29. The van der Waals surface area contributed by atoms with Crippen LogP contribution in [0.25, 0.3) is 0 Å². The molecule has 0 aliphatic carbocycles. The maximum Gasteiger partial charge on any atom is 0.273 e. The molecule has 0 saturated heterocycles. The van der Waals surface area contributed by atoms with Crippen molar-refractivity contribution in [3.05, 3.63) is 39.0 Å². The van der Waals surface area contributed by atoms with E-state index in [4.69, 9.17) is 22.1 Å². The number of halogens is 1. The van der Waals surface area contributed by atoms with Crippen molar-refractivity contribution in [3.63, 3.8) is 0 Å². The molecule has 1 aromatic heterocycles. The maximum absolute atomic E-state index is 10.8. The van der Waals surface area contributed by atoms with Crippen LogP contribution in [0.1, 0.15) is 5.56 Å². The Kier molecular flexibility index (Phi) is 5.32. The fourth-order valence-electron chi connectivity index (χ4n) is 1.94. The van der Waals surface area contributed by atoms with E-state index in [-0.39, 0.29) is 34.8 Å². The van der Waals surface area contributed by atoms with Crippen molar-refractivity contribution in [2.75, 3.05) is 23.5 Å². The molecular weight excluding hydrogens is 340 g/mol. The highest BCUT2D eigenvalue weighted by atomic mass is 35.5. The molecule has 0 radical (unpaired) electrons. The van der Waals surface area contributed by atoms with Gasteiger partial charge in [-0.05, 0) is 6.07 Å². The van der Waals surface area contributed by atoms with Crippen LogP contribution in [0.2, 0.25) is 5.15 Å². The number of non-ortho nitro benzene ring substituents is 1. The monoisotopic (exact) mass is 352 g/mol. The summed E-state index contributed by atoms with van der Waals surface area (Å²) in [6, 6.07) is 4.21. The summed E-state index contributed by atoms with van der Waals surface area (Å²) in [4.78, 5) is 28.7. The van der Waals surface area contributed by atoms with Crippen LogP contribution in [0.15, 0.2) is 18.2 Å². The lowest BCUT2D eigenvalue weighted by molar-refractivity contribution is -0.384. The topological polar surface area (TPSA) is 145 Å². The van der Waals surface area contributed by atoms with E-state index in [9.17, 15) is 14.9 Å². The van der Waals surface area contributed by atoms with Crippen molar-refractivity contribution in [3.8, 4) is 5.75 Å². The smallest absolute Gasteiger partial charge is 0.273 e. The molecule has 1 aromatic carbocycles. The zero-order chi connectivity index (χ0) is 17.7. The summed E-state index contributed by atoms with van der Waals surface area (Å²) < 4.78 is 5.15. The summed E-state index contributed by atoms with van der Waals surface area (Å²) in [6.45, 7) is 0.196. The minimum Gasteiger partial charge on any atom is -0.496 e. The quantitative estimate of drug-likeness (QED) is 0.296. The van der Waals surface area contributed by atoms with E-state index in [1.807, 2.05) is 0 Å². The highest BCUT2D eigenvalue weighted by Crippen LogP contribution is 2.29. The SMILES string of the molecule is COc1cc([N+](=O)[O-])ccc1CNc1nc(N)nc(Cl)c1NC=O. The van der Waals surface area contributed by atoms with Crippen LogP contribution in [0.5, 0.6) is 5.75 Å². The van der Waals surface area contributed by atoms with E-state index < -0.39 is 4.92 Å². The fourth-order valence-corrected chi connectivity index (χ4v) is 2.17. The molecule has 0 atom stereocenters. The first-order chi connectivity index (χ1) is 11.5. The zero-order valence-corrected chi connectivity index (χ0v) is 13.2. The van der Waals surface area contributed by atoms with Gasteiger partial charge >= 0.3 is 0 Å². The fraction of sp³-hybridized carbons (Fsp3) is 0.154. The Labute approximate surface area is 141 Å². The van der Waals surface area contributed by atoms with E-state index in [0.717, 1.165) is 0 Å². The van der Waals surface area contributed by atoms with Gasteiger partial charge < -0.3 is 21.1 Å². The summed E-state index contributed by atoms with van der Waals surface area (Å²) in [6.07, 6.45) is 0.429. The van der Waals surface area contributed by atoms with Crippen molar-refractivity contribution >= 4 is 41.2 Å². The second-order valence-corrected chi connectivity index (χ2v) is 4.82. The number of nitrogens with one attached hydrogen (secondary N) is 2. The molecule has 1 amide bonds. The predicted octanol–water partition coefficient (Wildman–Crippen LogP) is 1.81. The van der Waals surface area contributed by atoms with E-state index >= 15 is 0 Å². The molecule has 11 heteroatoms. The van der Waals surface area contributed by atoms with Gasteiger partial charge in [-0.15, -0.1) is 0 Å². The molecule has 0 aliphatic rings. The van der Waals surface area contributed by atoms with Gasteiger partial charge in [0.15, 0.2) is 11.0 Å². The van der Waals surface area contributed by atoms with Gasteiger partial charge in [-0.2, -0.15) is 9.97 Å². The van der Waals surface area contributed by atoms with Crippen molar-refractivity contribution in [2.24, 2.45) is 0 Å². The first-order valence-corrected chi connectivity index (χ1v) is 6.92. The van der Waals surface area contributed by atoms with E-state index in [1.165, 1.54) is 19.2 Å². The zero-order valence-electron chi connectivity index (χ0n) is 12.4. The number of nitrogen functional groups attached to an aromatic ring is 1. The number of nitro groups is 1. The second kappa shape index (κ2) is 7.42. The summed E-state index contributed by atoms with van der Waals surface area (Å²) >= 11 is 5.92. The van der Waals surface area contributed by atoms with Gasteiger partial charge in [0.2, 0.25) is 12.4 Å². The number of carbonyl (C=O) groups is 1. The maximum atomic E-state index is 10.8. The van der Waals surface area contributed by atoms with Crippen LogP contribution in [-0.2, 0) is 11.3 Å². The molecule has 2 rings (SSSR count). The Hall–Kier alpha value is -3.14. The molecular formula is C13H13ClN6O4. The van der Waals surface area contributed by atoms with Crippen LogP contribution in [0.3, 0.4) is 0 Å². The van der Waals surface area contributed by atoms with Gasteiger partial charge in [-0.25, -0.2) is 0 Å². The number of rotatable bonds is 7. The first kappa shape index (κ1) is 17.2. The third-order valence-electron chi connectivity index (χ3n) is 3.01. The molecule has 0 saturated carbocycles. The Morgan fingerprint density at radius 1 is 1.46 bits per heavy atom. The first-order valence-electron chi connectivity index (χ1n) is 6.54. The predicted molar refractivity (Wildman–Crippen MR) is 88.1 cm³/mol. The van der Waals surface area contributed by atoms with E-state index in [2.05, 4.69) is 20.6 Å². The van der Waals surface area contributed by atoms with Crippen LogP contribution < -0.4 is 21.1 Å². The Morgan fingerprint density at radius 3 is 2.83 bits per heavy atom. The number of carbonyl (C=O) groups excluding carboxylic acids is 1. The normalized spacial score (nSPS) is 10.1. The molecule has 0 spiro atoms. The van der Waals surface area contributed by atoms with E-state index in [1.54, 1.807) is 6.07 Å². The number of hydrogen-bond acceptors (Lipinski definition) is 8. The van der Waals surface area contributed by atoms with Crippen LogP contribution in [0, 0.1) is 10.1 Å². The molecule has 4 N–H and O–H groups in total. The van der Waals surface area contributed by atoms with Gasteiger partial charge in [0, 0.05) is 18.2 Å². The standard InChI is InChI=1S/C13H13ClN6O4/c1-24-9-4-8(20(22)23)3-2-7(9)5-16-12-10(17-6-21)11(14)18-13(15)19-12/h2-4,6H,5H2,1H3,(H,17,21)(H3,15,16,18,19). The molecule has 0 fully saturated rings. The lowest BCUT2D eigenvalue weighted by atomic mass is 10.2. The number of methoxy groups -OCH3 is 1. The Morgan fingerprint density at radius 2 is 2.21 bits per heavy atom. The number of amides is 1. The number of nitrogens with two attached hydrogens (primary N) is 1. The van der Waals surface area contributed by atoms with E-state index in [0.29, 0.717) is 17.7 Å². The van der Waals surface area contributed by atoms with Crippen molar-refractivity contribution in [1.82, 2.24) is 9.97 Å². The number of nitrogens with zero attached hydrogens (tertiary/aromatic N) is 3. The minimum absolute atomic E-state index is 0.0206. The Bertz CT molecular complexity index is 785. The minimum atomic E-state index is -0.517. The van der Waals surface area contributed by atoms with Crippen LogP contribution in [-0.4, -0.2) is 28.4 Å². The number of ether oxygens (including phenoxy) is 1. The summed E-state index contributed by atoms with van der Waals surface area (Å²) in [5, 5.41) is 16.1. The highest BCUT2D eigenvalue weighted by Gasteiger charge is 2.14. The average molecular weight is 353 g/mol. The molecule has 0 bridgehead atoms. The van der Waals surface area contributed by atoms with Crippen molar-refractivity contribution in [1.29, 1.82) is 0 Å². The second-order valence-electron chi connectivity index (χ2n) is 4.47. The third kappa shape index (κ3) is 3.79. The number of anilines is 3. The number of aromatic nitrogens is 2. The number of nitro benzene ring substituents is 1. The molecule has 10 nitrogen and oxygen atoms in total. The van der Waals surface area contributed by atoms with Crippen LogP contribution in [0.4, 0.5) is 23.1 Å². The van der Waals surface area contributed by atoms with Crippen LogP contribution >= 0.6 is 11.6 Å². The van der Waals surface area contributed by atoms with Crippen molar-refractivity contribution in [2.45, 2.75) is 6.54 Å². The van der Waals surface area contributed by atoms with Crippen molar-refractivity contribution < 1.29 is 14.5 Å². The number of hydrogen-bond donors (Lipinski definition) is 3. The molecule has 2 aromatic rings. The molecule has 0 aliphatic heterocycles. The molecule has 1 heterocycles. The lowest BCUT2D eigenvalue weighted by Gasteiger charge is -2.13.